The summed E-state index contributed by atoms with van der Waals surface area (Å²) in [6, 6.07) is -0.0170. The predicted octanol–water partition coefficient (Wildman–Crippen LogP) is 0.872. The molecule has 0 bridgehead atoms. The van der Waals surface area contributed by atoms with Crippen LogP contribution >= 0.6 is 0 Å². The summed E-state index contributed by atoms with van der Waals surface area (Å²) in [4.78, 5) is 11.6. The molecule has 1 aliphatic rings. The summed E-state index contributed by atoms with van der Waals surface area (Å²) in [5, 5.41) is 14.6. The molecular formula is C12H24N2O3. The van der Waals surface area contributed by atoms with Gasteiger partial charge in [0.25, 0.3) is 0 Å². The SMILES string of the molecule is CCC(CCO)CNC(=O)NC1CCOC1C. The third-order valence-corrected chi connectivity index (χ3v) is 3.36. The summed E-state index contributed by atoms with van der Waals surface area (Å²) >= 11 is 0. The van der Waals surface area contributed by atoms with Gasteiger partial charge in [-0.25, -0.2) is 4.79 Å². The third kappa shape index (κ3) is 4.91. The van der Waals surface area contributed by atoms with E-state index in [1.54, 1.807) is 0 Å². The van der Waals surface area contributed by atoms with Crippen molar-refractivity contribution in [2.45, 2.75) is 45.3 Å². The zero-order chi connectivity index (χ0) is 12.7. The van der Waals surface area contributed by atoms with Crippen LogP contribution in [0.1, 0.15) is 33.1 Å². The molecule has 5 heteroatoms. The highest BCUT2D eigenvalue weighted by molar-refractivity contribution is 5.74. The maximum atomic E-state index is 11.6. The number of hydrogen-bond acceptors (Lipinski definition) is 3. The van der Waals surface area contributed by atoms with Crippen molar-refractivity contribution in [3.05, 3.63) is 0 Å². The van der Waals surface area contributed by atoms with Gasteiger partial charge in [0.15, 0.2) is 0 Å². The highest BCUT2D eigenvalue weighted by Crippen LogP contribution is 2.12. The van der Waals surface area contributed by atoms with Crippen molar-refractivity contribution in [2.75, 3.05) is 19.8 Å². The number of hydrogen-bond donors (Lipinski definition) is 3. The van der Waals surface area contributed by atoms with Crippen LogP contribution in [0.5, 0.6) is 0 Å². The first-order valence-electron chi connectivity index (χ1n) is 6.44. The Bertz CT molecular complexity index is 236. The van der Waals surface area contributed by atoms with E-state index < -0.39 is 0 Å². The second kappa shape index (κ2) is 7.50. The Morgan fingerprint density at radius 1 is 1.59 bits per heavy atom. The van der Waals surface area contributed by atoms with E-state index in [4.69, 9.17) is 9.84 Å². The maximum Gasteiger partial charge on any atom is 0.315 e. The van der Waals surface area contributed by atoms with Crippen LogP contribution in [0.2, 0.25) is 0 Å². The highest BCUT2D eigenvalue weighted by Gasteiger charge is 2.25. The van der Waals surface area contributed by atoms with Crippen molar-refractivity contribution in [1.29, 1.82) is 0 Å². The number of aliphatic hydroxyl groups excluding tert-OH is 1. The largest absolute Gasteiger partial charge is 0.396 e. The topological polar surface area (TPSA) is 70.6 Å². The number of carbonyl (C=O) groups is 1. The fourth-order valence-corrected chi connectivity index (χ4v) is 2.01. The molecule has 1 saturated heterocycles. The van der Waals surface area contributed by atoms with Gasteiger partial charge in [-0.3, -0.25) is 0 Å². The molecule has 17 heavy (non-hydrogen) atoms. The van der Waals surface area contributed by atoms with Crippen LogP contribution in [0.25, 0.3) is 0 Å². The number of urea groups is 1. The molecule has 1 heterocycles. The van der Waals surface area contributed by atoms with Crippen LogP contribution < -0.4 is 10.6 Å². The molecule has 0 aliphatic carbocycles. The molecule has 0 aromatic carbocycles. The zero-order valence-corrected chi connectivity index (χ0v) is 10.7. The summed E-state index contributed by atoms with van der Waals surface area (Å²) in [5.41, 5.74) is 0. The van der Waals surface area contributed by atoms with Gasteiger partial charge in [-0.2, -0.15) is 0 Å². The molecule has 1 rings (SSSR count). The van der Waals surface area contributed by atoms with Crippen molar-refractivity contribution >= 4 is 6.03 Å². The molecule has 0 spiro atoms. The van der Waals surface area contributed by atoms with Crippen molar-refractivity contribution in [3.8, 4) is 0 Å². The Kier molecular flexibility index (Phi) is 6.29. The van der Waals surface area contributed by atoms with Gasteiger partial charge in [0.2, 0.25) is 0 Å². The number of nitrogens with one attached hydrogen (secondary N) is 2. The molecule has 0 saturated carbocycles. The number of aliphatic hydroxyl groups is 1. The van der Waals surface area contributed by atoms with E-state index in [-0.39, 0.29) is 24.8 Å². The van der Waals surface area contributed by atoms with Crippen LogP contribution in [-0.4, -0.2) is 43.0 Å². The van der Waals surface area contributed by atoms with Gasteiger partial charge in [0.05, 0.1) is 12.1 Å². The minimum Gasteiger partial charge on any atom is -0.396 e. The second-order valence-electron chi connectivity index (χ2n) is 4.61. The molecule has 3 atom stereocenters. The summed E-state index contributed by atoms with van der Waals surface area (Å²) in [6.45, 7) is 5.54. The lowest BCUT2D eigenvalue weighted by Crippen LogP contribution is -2.46. The minimum atomic E-state index is -0.135. The van der Waals surface area contributed by atoms with Gasteiger partial charge >= 0.3 is 6.03 Å². The molecule has 0 radical (unpaired) electrons. The summed E-state index contributed by atoms with van der Waals surface area (Å²) < 4.78 is 5.38. The van der Waals surface area contributed by atoms with Crippen LogP contribution in [0.15, 0.2) is 0 Å². The normalized spacial score (nSPS) is 25.6. The van der Waals surface area contributed by atoms with Gasteiger partial charge in [0, 0.05) is 19.8 Å². The number of carbonyl (C=O) groups excluding carboxylic acids is 1. The fourth-order valence-electron chi connectivity index (χ4n) is 2.01. The molecule has 3 N–H and O–H groups in total. The van der Waals surface area contributed by atoms with Gasteiger partial charge in [-0.1, -0.05) is 13.3 Å². The molecule has 0 aromatic heterocycles. The summed E-state index contributed by atoms with van der Waals surface area (Å²) in [6.07, 6.45) is 2.67. The van der Waals surface area contributed by atoms with Crippen LogP contribution in [0.3, 0.4) is 0 Å². The smallest absolute Gasteiger partial charge is 0.315 e. The Labute approximate surface area is 103 Å². The summed E-state index contributed by atoms with van der Waals surface area (Å²) in [7, 11) is 0. The number of ether oxygens (including phenoxy) is 1. The molecule has 0 aromatic rings. The Morgan fingerprint density at radius 2 is 2.35 bits per heavy atom. The quantitative estimate of drug-likeness (QED) is 0.649. The van der Waals surface area contributed by atoms with Gasteiger partial charge in [-0.05, 0) is 25.7 Å². The Balaban J connectivity index is 2.20. The Morgan fingerprint density at radius 3 is 2.88 bits per heavy atom. The molecular weight excluding hydrogens is 220 g/mol. The average Bonchev–Trinajstić information content (AvgIpc) is 2.70. The van der Waals surface area contributed by atoms with Crippen molar-refractivity contribution in [1.82, 2.24) is 10.6 Å². The van der Waals surface area contributed by atoms with Crippen molar-refractivity contribution < 1.29 is 14.6 Å². The Hall–Kier alpha value is -0.810. The molecule has 1 aliphatic heterocycles. The van der Waals surface area contributed by atoms with Crippen LogP contribution in [0.4, 0.5) is 4.79 Å². The first kappa shape index (κ1) is 14.3. The lowest BCUT2D eigenvalue weighted by atomic mass is 10.0. The number of amides is 2. The maximum absolute atomic E-state index is 11.6. The zero-order valence-electron chi connectivity index (χ0n) is 10.7. The van der Waals surface area contributed by atoms with E-state index in [0.29, 0.717) is 19.1 Å². The molecule has 2 amide bonds. The first-order chi connectivity index (χ1) is 8.17. The monoisotopic (exact) mass is 244 g/mol. The average molecular weight is 244 g/mol. The molecule has 3 unspecified atom stereocenters. The van der Waals surface area contributed by atoms with E-state index >= 15 is 0 Å². The van der Waals surface area contributed by atoms with E-state index in [9.17, 15) is 4.79 Å². The van der Waals surface area contributed by atoms with Gasteiger partial charge < -0.3 is 20.5 Å². The highest BCUT2D eigenvalue weighted by atomic mass is 16.5. The predicted molar refractivity (Wildman–Crippen MR) is 65.8 cm³/mol. The standard InChI is InChI=1S/C12H24N2O3/c1-3-10(4-6-15)8-13-12(16)14-11-5-7-17-9(11)2/h9-11,15H,3-8H2,1-2H3,(H2,13,14,16). The van der Waals surface area contributed by atoms with Crippen LogP contribution in [0, 0.1) is 5.92 Å². The lowest BCUT2D eigenvalue weighted by molar-refractivity contribution is 0.114. The van der Waals surface area contributed by atoms with E-state index in [1.807, 2.05) is 6.92 Å². The molecule has 5 nitrogen and oxygen atoms in total. The first-order valence-corrected chi connectivity index (χ1v) is 6.44. The summed E-state index contributed by atoms with van der Waals surface area (Å²) in [5.74, 6) is 0.350. The van der Waals surface area contributed by atoms with Crippen molar-refractivity contribution in [3.63, 3.8) is 0 Å². The lowest BCUT2D eigenvalue weighted by Gasteiger charge is -2.18. The van der Waals surface area contributed by atoms with E-state index in [2.05, 4.69) is 17.6 Å². The molecule has 1 fully saturated rings. The van der Waals surface area contributed by atoms with Crippen LogP contribution in [-0.2, 0) is 4.74 Å². The second-order valence-corrected chi connectivity index (χ2v) is 4.61. The van der Waals surface area contributed by atoms with E-state index in [0.717, 1.165) is 19.3 Å². The third-order valence-electron chi connectivity index (χ3n) is 3.36. The van der Waals surface area contributed by atoms with Gasteiger partial charge in [-0.15, -0.1) is 0 Å². The minimum absolute atomic E-state index is 0.0974. The van der Waals surface area contributed by atoms with E-state index in [1.165, 1.54) is 0 Å². The van der Waals surface area contributed by atoms with Crippen molar-refractivity contribution in [2.24, 2.45) is 5.92 Å². The van der Waals surface area contributed by atoms with Gasteiger partial charge in [0.1, 0.15) is 0 Å². The fraction of sp³-hybridized carbons (Fsp3) is 0.917. The number of rotatable bonds is 6. The molecule has 100 valence electrons.